The lowest BCUT2D eigenvalue weighted by Crippen LogP contribution is -2.40. The highest BCUT2D eigenvalue weighted by Gasteiger charge is 2.23. The number of rotatable bonds is 5. The van der Waals surface area contributed by atoms with E-state index in [2.05, 4.69) is 34.9 Å². The molecule has 0 spiro atoms. The van der Waals surface area contributed by atoms with Crippen LogP contribution in [0.5, 0.6) is 0 Å². The monoisotopic (exact) mass is 413 g/mol. The van der Waals surface area contributed by atoms with Gasteiger partial charge in [0.15, 0.2) is 0 Å². The molecule has 0 aliphatic carbocycles. The molecule has 1 saturated heterocycles. The maximum atomic E-state index is 12.6. The van der Waals surface area contributed by atoms with Crippen molar-refractivity contribution in [3.8, 4) is 0 Å². The van der Waals surface area contributed by atoms with Gasteiger partial charge in [-0.25, -0.2) is 4.79 Å². The molecule has 0 unspecified atom stereocenters. The van der Waals surface area contributed by atoms with E-state index in [-0.39, 0.29) is 11.9 Å². The first-order valence-electron chi connectivity index (χ1n) is 10.7. The number of nitrogens with one attached hydrogen (secondary N) is 2. The van der Waals surface area contributed by atoms with Gasteiger partial charge in [-0.2, -0.15) is 0 Å². The Bertz CT molecular complexity index is 996. The van der Waals surface area contributed by atoms with Crippen LogP contribution in [-0.2, 0) is 6.54 Å². The van der Waals surface area contributed by atoms with E-state index in [0.29, 0.717) is 23.7 Å². The minimum atomic E-state index is -0.135. The first-order valence-corrected chi connectivity index (χ1v) is 10.7. The van der Waals surface area contributed by atoms with E-state index in [1.165, 1.54) is 5.56 Å². The van der Waals surface area contributed by atoms with E-state index in [4.69, 9.17) is 0 Å². The maximum Gasteiger partial charge on any atom is 0.321 e. The zero-order valence-electron chi connectivity index (χ0n) is 17.5. The predicted octanol–water partition coefficient (Wildman–Crippen LogP) is 5.03. The van der Waals surface area contributed by atoms with Crippen molar-refractivity contribution in [2.75, 3.05) is 18.4 Å². The summed E-state index contributed by atoms with van der Waals surface area (Å²) in [4.78, 5) is 26.8. The van der Waals surface area contributed by atoms with Crippen molar-refractivity contribution in [2.45, 2.75) is 25.3 Å². The topological polar surface area (TPSA) is 61.4 Å². The SMILES string of the molecule is O=C(NCc1ccccc1)c1ccc(NC(=O)N2CCC(c3ccccc3)CC2)cc1. The Balaban J connectivity index is 1.26. The Kier molecular flexibility index (Phi) is 6.62. The Hall–Kier alpha value is -3.60. The van der Waals surface area contributed by atoms with Crippen molar-refractivity contribution in [1.82, 2.24) is 10.2 Å². The summed E-state index contributed by atoms with van der Waals surface area (Å²) in [6.07, 6.45) is 1.94. The Morgan fingerprint density at radius 1 is 0.806 bits per heavy atom. The number of carbonyl (C=O) groups excluding carboxylic acids is 2. The second-order valence-corrected chi connectivity index (χ2v) is 7.85. The maximum absolute atomic E-state index is 12.6. The molecule has 3 amide bonds. The standard InChI is InChI=1S/C26H27N3O2/c30-25(27-19-20-7-3-1-4-8-20)23-11-13-24(14-12-23)28-26(31)29-17-15-22(16-18-29)21-9-5-2-6-10-21/h1-14,22H,15-19H2,(H,27,30)(H,28,31). The van der Waals surface area contributed by atoms with Gasteiger partial charge < -0.3 is 15.5 Å². The molecule has 0 aromatic heterocycles. The number of carbonyl (C=O) groups is 2. The molecular weight excluding hydrogens is 386 g/mol. The summed E-state index contributed by atoms with van der Waals surface area (Å²) in [6, 6.07) is 27.2. The van der Waals surface area contributed by atoms with Gasteiger partial charge in [-0.15, -0.1) is 0 Å². The number of hydrogen-bond donors (Lipinski definition) is 2. The third kappa shape index (κ3) is 5.51. The van der Waals surface area contributed by atoms with Crippen LogP contribution in [0.15, 0.2) is 84.9 Å². The molecule has 0 radical (unpaired) electrons. The fourth-order valence-corrected chi connectivity index (χ4v) is 3.93. The van der Waals surface area contributed by atoms with Crippen molar-refractivity contribution < 1.29 is 9.59 Å². The first kappa shape index (κ1) is 20.7. The fraction of sp³-hybridized carbons (Fsp3) is 0.231. The van der Waals surface area contributed by atoms with Gasteiger partial charge in [0, 0.05) is 30.9 Å². The highest BCUT2D eigenvalue weighted by molar-refractivity contribution is 5.95. The zero-order valence-corrected chi connectivity index (χ0v) is 17.5. The number of likely N-dealkylation sites (tertiary alicyclic amines) is 1. The minimum Gasteiger partial charge on any atom is -0.348 e. The van der Waals surface area contributed by atoms with Crippen LogP contribution >= 0.6 is 0 Å². The van der Waals surface area contributed by atoms with Crippen LogP contribution in [0.2, 0.25) is 0 Å². The average Bonchev–Trinajstić information content (AvgIpc) is 2.84. The summed E-state index contributed by atoms with van der Waals surface area (Å²) in [5.74, 6) is 0.378. The molecule has 0 bridgehead atoms. The van der Waals surface area contributed by atoms with Crippen molar-refractivity contribution >= 4 is 17.6 Å². The van der Waals surface area contributed by atoms with E-state index in [1.807, 2.05) is 41.3 Å². The minimum absolute atomic E-state index is 0.0900. The average molecular weight is 414 g/mol. The summed E-state index contributed by atoms with van der Waals surface area (Å²) in [5.41, 5.74) is 3.66. The number of nitrogens with zero attached hydrogens (tertiary/aromatic N) is 1. The molecule has 1 aliphatic heterocycles. The van der Waals surface area contributed by atoms with Gasteiger partial charge in [-0.05, 0) is 54.2 Å². The highest BCUT2D eigenvalue weighted by atomic mass is 16.2. The molecular formula is C26H27N3O2. The lowest BCUT2D eigenvalue weighted by Gasteiger charge is -2.32. The molecule has 1 aliphatic rings. The highest BCUT2D eigenvalue weighted by Crippen LogP contribution is 2.28. The zero-order chi connectivity index (χ0) is 21.5. The largest absolute Gasteiger partial charge is 0.348 e. The van der Waals surface area contributed by atoms with E-state index in [9.17, 15) is 9.59 Å². The Morgan fingerprint density at radius 3 is 2.06 bits per heavy atom. The number of anilines is 1. The summed E-state index contributed by atoms with van der Waals surface area (Å²) in [5, 5.41) is 5.86. The van der Waals surface area contributed by atoms with Gasteiger partial charge in [0.2, 0.25) is 0 Å². The fourth-order valence-electron chi connectivity index (χ4n) is 3.93. The number of urea groups is 1. The van der Waals surface area contributed by atoms with Crippen molar-refractivity contribution in [1.29, 1.82) is 0 Å². The predicted molar refractivity (Wildman–Crippen MR) is 123 cm³/mol. The second kappa shape index (κ2) is 9.94. The van der Waals surface area contributed by atoms with Gasteiger partial charge in [0.25, 0.3) is 5.91 Å². The van der Waals surface area contributed by atoms with Gasteiger partial charge in [-0.3, -0.25) is 4.79 Å². The third-order valence-corrected chi connectivity index (χ3v) is 5.75. The van der Waals surface area contributed by atoms with E-state index < -0.39 is 0 Å². The van der Waals surface area contributed by atoms with Crippen molar-refractivity contribution in [3.63, 3.8) is 0 Å². The molecule has 3 aromatic carbocycles. The molecule has 5 nitrogen and oxygen atoms in total. The summed E-state index contributed by atoms with van der Waals surface area (Å²) in [7, 11) is 0. The van der Waals surface area contributed by atoms with E-state index in [1.54, 1.807) is 24.3 Å². The van der Waals surface area contributed by atoms with E-state index in [0.717, 1.165) is 31.5 Å². The molecule has 4 rings (SSSR count). The molecule has 31 heavy (non-hydrogen) atoms. The van der Waals surface area contributed by atoms with Gasteiger partial charge in [0.05, 0.1) is 0 Å². The summed E-state index contributed by atoms with van der Waals surface area (Å²) >= 11 is 0. The van der Waals surface area contributed by atoms with Gasteiger partial charge in [-0.1, -0.05) is 60.7 Å². The summed E-state index contributed by atoms with van der Waals surface area (Å²) < 4.78 is 0. The van der Waals surface area contributed by atoms with Crippen LogP contribution in [0.25, 0.3) is 0 Å². The van der Waals surface area contributed by atoms with Crippen LogP contribution < -0.4 is 10.6 Å². The third-order valence-electron chi connectivity index (χ3n) is 5.75. The molecule has 2 N–H and O–H groups in total. The molecule has 0 saturated carbocycles. The van der Waals surface area contributed by atoms with Gasteiger partial charge in [0.1, 0.15) is 0 Å². The first-order chi connectivity index (χ1) is 15.2. The number of benzene rings is 3. The number of amides is 3. The molecule has 0 atom stereocenters. The summed E-state index contributed by atoms with van der Waals surface area (Å²) in [6.45, 7) is 1.97. The lowest BCUT2D eigenvalue weighted by molar-refractivity contribution is 0.0951. The molecule has 3 aromatic rings. The van der Waals surface area contributed by atoms with E-state index >= 15 is 0 Å². The molecule has 1 heterocycles. The molecule has 158 valence electrons. The quantitative estimate of drug-likeness (QED) is 0.616. The van der Waals surface area contributed by atoms with Crippen LogP contribution in [0, 0.1) is 0 Å². The van der Waals surface area contributed by atoms with Crippen molar-refractivity contribution in [3.05, 3.63) is 102 Å². The van der Waals surface area contributed by atoms with Crippen LogP contribution in [0.4, 0.5) is 10.5 Å². The van der Waals surface area contributed by atoms with Gasteiger partial charge >= 0.3 is 6.03 Å². The van der Waals surface area contributed by atoms with Crippen LogP contribution in [-0.4, -0.2) is 29.9 Å². The molecule has 1 fully saturated rings. The van der Waals surface area contributed by atoms with Crippen LogP contribution in [0.3, 0.4) is 0 Å². The van der Waals surface area contributed by atoms with Crippen LogP contribution in [0.1, 0.15) is 40.2 Å². The molecule has 5 heteroatoms. The number of hydrogen-bond acceptors (Lipinski definition) is 2. The number of piperidine rings is 1. The lowest BCUT2D eigenvalue weighted by atomic mass is 9.90. The second-order valence-electron chi connectivity index (χ2n) is 7.85. The Morgan fingerprint density at radius 2 is 1.42 bits per heavy atom. The Labute approximate surface area is 183 Å². The van der Waals surface area contributed by atoms with Crippen molar-refractivity contribution in [2.24, 2.45) is 0 Å². The normalized spacial score (nSPS) is 14.1. The smallest absolute Gasteiger partial charge is 0.321 e.